The Kier molecular flexibility index (Phi) is 3.69. The van der Waals surface area contributed by atoms with E-state index in [1.165, 1.54) is 37.1 Å². The maximum absolute atomic E-state index is 5.47. The fourth-order valence-corrected chi connectivity index (χ4v) is 2.95. The third-order valence-corrected chi connectivity index (χ3v) is 3.88. The Balaban J connectivity index is 1.73. The van der Waals surface area contributed by atoms with Crippen LogP contribution in [0.3, 0.4) is 0 Å². The Hall–Kier alpha value is -1.54. The number of hydrogen-bond donors (Lipinski definition) is 0. The monoisotopic (exact) mass is 255 g/mol. The summed E-state index contributed by atoms with van der Waals surface area (Å²) >= 11 is 0. The van der Waals surface area contributed by atoms with E-state index < -0.39 is 0 Å². The van der Waals surface area contributed by atoms with Gasteiger partial charge >= 0.3 is 0 Å². The average molecular weight is 255 g/mol. The summed E-state index contributed by atoms with van der Waals surface area (Å²) in [6.07, 6.45) is 4.44. The molecule has 1 atom stereocenters. The van der Waals surface area contributed by atoms with Crippen molar-refractivity contribution in [2.45, 2.75) is 26.3 Å². The first-order chi connectivity index (χ1) is 9.31. The molecule has 2 aromatic rings. The predicted octanol–water partition coefficient (Wildman–Crippen LogP) is 4.18. The fraction of sp³-hybridized carbons (Fsp3) is 0.412. The molecule has 0 aliphatic carbocycles. The zero-order valence-corrected chi connectivity index (χ0v) is 11.5. The molecule has 0 amide bonds. The van der Waals surface area contributed by atoms with Crippen LogP contribution in [-0.4, -0.2) is 18.0 Å². The third-order valence-electron chi connectivity index (χ3n) is 3.88. The van der Waals surface area contributed by atoms with Crippen LogP contribution in [0.4, 0.5) is 0 Å². The quantitative estimate of drug-likeness (QED) is 0.818. The van der Waals surface area contributed by atoms with E-state index >= 15 is 0 Å². The zero-order chi connectivity index (χ0) is 13.1. The van der Waals surface area contributed by atoms with E-state index in [1.54, 1.807) is 6.26 Å². The molecule has 3 rings (SSSR count). The molecule has 2 heterocycles. The van der Waals surface area contributed by atoms with Crippen LogP contribution in [0.15, 0.2) is 47.1 Å². The Morgan fingerprint density at radius 2 is 2.21 bits per heavy atom. The van der Waals surface area contributed by atoms with Gasteiger partial charge in [-0.3, -0.25) is 4.90 Å². The number of rotatable bonds is 3. The Labute approximate surface area is 115 Å². The number of likely N-dealkylation sites (tertiary alicyclic amines) is 1. The van der Waals surface area contributed by atoms with Crippen molar-refractivity contribution in [3.63, 3.8) is 0 Å². The van der Waals surface area contributed by atoms with Crippen molar-refractivity contribution in [2.75, 3.05) is 13.1 Å². The van der Waals surface area contributed by atoms with E-state index in [0.29, 0.717) is 0 Å². The lowest BCUT2D eigenvalue weighted by Crippen LogP contribution is -2.33. The number of nitrogens with zero attached hydrogens (tertiary/aromatic N) is 1. The van der Waals surface area contributed by atoms with Crippen LogP contribution in [0.1, 0.15) is 25.3 Å². The van der Waals surface area contributed by atoms with Gasteiger partial charge in [-0.1, -0.05) is 25.1 Å². The molecular weight excluding hydrogens is 234 g/mol. The number of furan rings is 1. The molecule has 19 heavy (non-hydrogen) atoms. The molecule has 1 aromatic heterocycles. The fourth-order valence-electron chi connectivity index (χ4n) is 2.95. The molecule has 1 aliphatic rings. The number of hydrogen-bond acceptors (Lipinski definition) is 2. The van der Waals surface area contributed by atoms with Gasteiger partial charge in [0, 0.05) is 18.7 Å². The number of benzene rings is 1. The molecule has 0 radical (unpaired) electrons. The van der Waals surface area contributed by atoms with Gasteiger partial charge in [0.05, 0.1) is 6.26 Å². The van der Waals surface area contributed by atoms with Crippen LogP contribution >= 0.6 is 0 Å². The Morgan fingerprint density at radius 1 is 1.26 bits per heavy atom. The second kappa shape index (κ2) is 5.62. The highest BCUT2D eigenvalue weighted by Gasteiger charge is 2.16. The van der Waals surface area contributed by atoms with Crippen molar-refractivity contribution in [1.29, 1.82) is 0 Å². The average Bonchev–Trinajstić information content (AvgIpc) is 2.93. The normalized spacial score (nSPS) is 20.6. The van der Waals surface area contributed by atoms with E-state index in [0.717, 1.165) is 18.2 Å². The molecule has 1 saturated heterocycles. The van der Waals surface area contributed by atoms with Gasteiger partial charge in [0.15, 0.2) is 0 Å². The lowest BCUT2D eigenvalue weighted by molar-refractivity contribution is 0.176. The van der Waals surface area contributed by atoms with Crippen LogP contribution in [0.2, 0.25) is 0 Å². The van der Waals surface area contributed by atoms with E-state index in [9.17, 15) is 0 Å². The molecular formula is C17H21NO. The molecule has 2 heteroatoms. The zero-order valence-electron chi connectivity index (χ0n) is 11.5. The Bertz CT molecular complexity index is 518. The maximum Gasteiger partial charge on any atom is 0.133 e. The van der Waals surface area contributed by atoms with Crippen molar-refractivity contribution >= 4 is 0 Å². The molecule has 0 bridgehead atoms. The van der Waals surface area contributed by atoms with E-state index in [4.69, 9.17) is 4.42 Å². The predicted molar refractivity (Wildman–Crippen MR) is 77.8 cm³/mol. The summed E-state index contributed by atoms with van der Waals surface area (Å²) in [6, 6.07) is 12.7. The van der Waals surface area contributed by atoms with Crippen molar-refractivity contribution in [3.05, 3.63) is 48.2 Å². The number of piperidine rings is 1. The van der Waals surface area contributed by atoms with Crippen LogP contribution in [0.5, 0.6) is 0 Å². The minimum absolute atomic E-state index is 0.835. The summed E-state index contributed by atoms with van der Waals surface area (Å²) in [4.78, 5) is 2.56. The van der Waals surface area contributed by atoms with Crippen molar-refractivity contribution < 1.29 is 4.42 Å². The molecule has 0 N–H and O–H groups in total. The van der Waals surface area contributed by atoms with E-state index in [2.05, 4.69) is 36.1 Å². The molecule has 100 valence electrons. The van der Waals surface area contributed by atoms with E-state index in [-0.39, 0.29) is 0 Å². The lowest BCUT2D eigenvalue weighted by Gasteiger charge is -2.30. The molecule has 0 spiro atoms. The van der Waals surface area contributed by atoms with Crippen molar-refractivity contribution in [2.24, 2.45) is 5.92 Å². The first kappa shape index (κ1) is 12.5. The summed E-state index contributed by atoms with van der Waals surface area (Å²) in [5.41, 5.74) is 2.55. The van der Waals surface area contributed by atoms with Gasteiger partial charge in [0.25, 0.3) is 0 Å². The topological polar surface area (TPSA) is 16.4 Å². The van der Waals surface area contributed by atoms with Crippen molar-refractivity contribution in [3.8, 4) is 11.3 Å². The molecule has 1 unspecified atom stereocenters. The van der Waals surface area contributed by atoms with Crippen LogP contribution in [-0.2, 0) is 6.54 Å². The lowest BCUT2D eigenvalue weighted by atomic mass is 9.99. The molecule has 1 aromatic carbocycles. The van der Waals surface area contributed by atoms with Gasteiger partial charge in [-0.25, -0.2) is 0 Å². The second-order valence-electron chi connectivity index (χ2n) is 5.66. The highest BCUT2D eigenvalue weighted by molar-refractivity contribution is 5.58. The second-order valence-corrected chi connectivity index (χ2v) is 5.66. The first-order valence-electron chi connectivity index (χ1n) is 7.16. The minimum atomic E-state index is 0.835. The van der Waals surface area contributed by atoms with Gasteiger partial charge in [-0.2, -0.15) is 0 Å². The highest BCUT2D eigenvalue weighted by atomic mass is 16.3. The van der Waals surface area contributed by atoms with Gasteiger partial charge < -0.3 is 4.42 Å². The van der Waals surface area contributed by atoms with Crippen LogP contribution < -0.4 is 0 Å². The molecule has 0 saturated carbocycles. The maximum atomic E-state index is 5.47. The summed E-state index contributed by atoms with van der Waals surface area (Å²) in [6.45, 7) is 5.87. The minimum Gasteiger partial charge on any atom is -0.464 e. The Morgan fingerprint density at radius 3 is 3.00 bits per heavy atom. The summed E-state index contributed by atoms with van der Waals surface area (Å²) in [7, 11) is 0. The van der Waals surface area contributed by atoms with Gasteiger partial charge in [0.2, 0.25) is 0 Å². The largest absolute Gasteiger partial charge is 0.464 e. The van der Waals surface area contributed by atoms with Gasteiger partial charge in [-0.05, 0) is 49.1 Å². The summed E-state index contributed by atoms with van der Waals surface area (Å²) in [5, 5.41) is 0. The molecule has 1 fully saturated rings. The third kappa shape index (κ3) is 3.07. The highest BCUT2D eigenvalue weighted by Crippen LogP contribution is 2.23. The first-order valence-corrected chi connectivity index (χ1v) is 7.16. The van der Waals surface area contributed by atoms with Crippen LogP contribution in [0.25, 0.3) is 11.3 Å². The molecule has 1 aliphatic heterocycles. The van der Waals surface area contributed by atoms with Crippen molar-refractivity contribution in [1.82, 2.24) is 4.90 Å². The smallest absolute Gasteiger partial charge is 0.133 e. The van der Waals surface area contributed by atoms with Gasteiger partial charge in [0.1, 0.15) is 5.76 Å². The van der Waals surface area contributed by atoms with Crippen LogP contribution in [0, 0.1) is 5.92 Å². The molecule has 2 nitrogen and oxygen atoms in total. The standard InChI is InChI=1S/C17H21NO/c1-14-5-3-9-18(12-14)13-15-6-2-7-16(11-15)17-8-4-10-19-17/h2,4,6-8,10-11,14H,3,5,9,12-13H2,1H3. The summed E-state index contributed by atoms with van der Waals surface area (Å²) in [5.74, 6) is 1.79. The summed E-state index contributed by atoms with van der Waals surface area (Å²) < 4.78 is 5.47. The van der Waals surface area contributed by atoms with Gasteiger partial charge in [-0.15, -0.1) is 0 Å². The SMILES string of the molecule is CC1CCCN(Cc2cccc(-c3ccco3)c2)C1. The van der Waals surface area contributed by atoms with E-state index in [1.807, 2.05) is 12.1 Å².